The summed E-state index contributed by atoms with van der Waals surface area (Å²) >= 11 is 3.08. The van der Waals surface area contributed by atoms with Crippen LogP contribution in [0, 0.1) is 13.8 Å². The van der Waals surface area contributed by atoms with Crippen LogP contribution in [0.2, 0.25) is 0 Å². The summed E-state index contributed by atoms with van der Waals surface area (Å²) in [6, 6.07) is 2.90. The van der Waals surface area contributed by atoms with E-state index in [1.807, 2.05) is 0 Å². The fraction of sp³-hybridized carbons (Fsp3) is 0.231. The number of nitrogens with one attached hydrogen (secondary N) is 2. The molecule has 8 heteroatoms. The van der Waals surface area contributed by atoms with Crippen LogP contribution in [-0.2, 0) is 6.18 Å². The Kier molecular flexibility index (Phi) is 4.08. The minimum absolute atomic E-state index is 0.107. The van der Waals surface area contributed by atoms with Crippen LogP contribution in [0.3, 0.4) is 0 Å². The van der Waals surface area contributed by atoms with Crippen molar-refractivity contribution < 1.29 is 18.0 Å². The molecule has 1 amide bonds. The zero-order chi connectivity index (χ0) is 15.8. The number of alkyl halides is 3. The van der Waals surface area contributed by atoms with Crippen molar-refractivity contribution in [3.63, 3.8) is 0 Å². The van der Waals surface area contributed by atoms with Gasteiger partial charge in [-0.3, -0.25) is 9.89 Å². The van der Waals surface area contributed by atoms with Crippen molar-refractivity contribution >= 4 is 27.7 Å². The average Bonchev–Trinajstić information content (AvgIpc) is 2.69. The number of benzene rings is 1. The number of anilines is 1. The Hall–Kier alpha value is -1.83. The molecule has 0 radical (unpaired) electrons. The Bertz CT molecular complexity index is 694. The van der Waals surface area contributed by atoms with Gasteiger partial charge in [0, 0.05) is 15.7 Å². The maximum Gasteiger partial charge on any atom is 0.416 e. The first-order chi connectivity index (χ1) is 9.70. The van der Waals surface area contributed by atoms with Gasteiger partial charge in [0.15, 0.2) is 5.82 Å². The molecule has 0 atom stereocenters. The third-order valence-corrected chi connectivity index (χ3v) is 3.71. The highest BCUT2D eigenvalue weighted by Gasteiger charge is 2.31. The van der Waals surface area contributed by atoms with Gasteiger partial charge >= 0.3 is 6.18 Å². The first kappa shape index (κ1) is 15.6. The minimum Gasteiger partial charge on any atom is -0.305 e. The van der Waals surface area contributed by atoms with Crippen LogP contribution in [0.4, 0.5) is 19.0 Å². The monoisotopic (exact) mass is 361 g/mol. The lowest BCUT2D eigenvalue weighted by molar-refractivity contribution is -0.137. The SMILES string of the molecule is Cc1[nH]nc(NC(=O)c2cc(C(F)(F)F)ccc2Br)c1C. The Balaban J connectivity index is 2.33. The minimum atomic E-state index is -4.51. The van der Waals surface area contributed by atoms with Crippen LogP contribution in [-0.4, -0.2) is 16.1 Å². The molecule has 2 rings (SSSR count). The number of H-pyrrole nitrogens is 1. The molecule has 0 aliphatic heterocycles. The number of carbonyl (C=O) groups is 1. The first-order valence-electron chi connectivity index (χ1n) is 5.90. The van der Waals surface area contributed by atoms with E-state index >= 15 is 0 Å². The van der Waals surface area contributed by atoms with Crippen molar-refractivity contribution in [1.82, 2.24) is 10.2 Å². The summed E-state index contributed by atoms with van der Waals surface area (Å²) in [6.07, 6.45) is -4.51. The summed E-state index contributed by atoms with van der Waals surface area (Å²) in [7, 11) is 0. The summed E-state index contributed by atoms with van der Waals surface area (Å²) < 4.78 is 38.4. The van der Waals surface area contributed by atoms with Crippen molar-refractivity contribution in [1.29, 1.82) is 0 Å². The van der Waals surface area contributed by atoms with Gasteiger partial charge in [-0.1, -0.05) is 0 Å². The molecule has 0 bridgehead atoms. The predicted molar refractivity (Wildman–Crippen MR) is 75.2 cm³/mol. The molecule has 4 nitrogen and oxygen atoms in total. The van der Waals surface area contributed by atoms with E-state index in [2.05, 4.69) is 31.4 Å². The zero-order valence-corrected chi connectivity index (χ0v) is 12.7. The molecule has 0 fully saturated rings. The van der Waals surface area contributed by atoms with E-state index in [1.54, 1.807) is 13.8 Å². The molecule has 0 aliphatic carbocycles. The van der Waals surface area contributed by atoms with Crippen molar-refractivity contribution in [2.24, 2.45) is 0 Å². The van der Waals surface area contributed by atoms with E-state index in [1.165, 1.54) is 6.07 Å². The quantitative estimate of drug-likeness (QED) is 0.847. The zero-order valence-electron chi connectivity index (χ0n) is 11.1. The largest absolute Gasteiger partial charge is 0.416 e. The summed E-state index contributed by atoms with van der Waals surface area (Å²) in [4.78, 5) is 12.1. The standard InChI is InChI=1S/C13H11BrF3N3O/c1-6-7(2)19-20-11(6)18-12(21)9-5-8(13(15,16)17)3-4-10(9)14/h3-5H,1-2H3,(H2,18,19,20,21). The molecule has 1 aromatic carbocycles. The van der Waals surface area contributed by atoms with E-state index in [-0.39, 0.29) is 10.0 Å². The number of amides is 1. The Labute approximate surface area is 126 Å². The third-order valence-electron chi connectivity index (χ3n) is 3.02. The summed E-state index contributed by atoms with van der Waals surface area (Å²) in [5, 5.41) is 9.06. The smallest absolute Gasteiger partial charge is 0.305 e. The molecule has 1 aromatic heterocycles. The van der Waals surface area contributed by atoms with Gasteiger partial charge in [0.05, 0.1) is 11.1 Å². The highest BCUT2D eigenvalue weighted by atomic mass is 79.9. The molecule has 1 heterocycles. The number of aromatic amines is 1. The number of aryl methyl sites for hydroxylation is 1. The molecule has 0 aliphatic rings. The number of nitrogens with zero attached hydrogens (tertiary/aromatic N) is 1. The Morgan fingerprint density at radius 2 is 2.00 bits per heavy atom. The van der Waals surface area contributed by atoms with Gasteiger partial charge in [0.1, 0.15) is 0 Å². The molecule has 2 N–H and O–H groups in total. The maximum absolute atomic E-state index is 12.7. The van der Waals surface area contributed by atoms with Gasteiger partial charge in [-0.2, -0.15) is 18.3 Å². The lowest BCUT2D eigenvalue weighted by atomic mass is 10.1. The van der Waals surface area contributed by atoms with Crippen LogP contribution < -0.4 is 5.32 Å². The van der Waals surface area contributed by atoms with E-state index in [9.17, 15) is 18.0 Å². The van der Waals surface area contributed by atoms with E-state index in [0.29, 0.717) is 5.82 Å². The lowest BCUT2D eigenvalue weighted by Crippen LogP contribution is -2.15. The molecule has 0 spiro atoms. The molecule has 112 valence electrons. The number of rotatable bonds is 2. The fourth-order valence-corrected chi connectivity index (χ4v) is 2.08. The van der Waals surface area contributed by atoms with Crippen molar-refractivity contribution in [3.8, 4) is 0 Å². The van der Waals surface area contributed by atoms with Gasteiger partial charge in [0.25, 0.3) is 5.91 Å². The van der Waals surface area contributed by atoms with Gasteiger partial charge in [-0.15, -0.1) is 0 Å². The van der Waals surface area contributed by atoms with E-state index in [4.69, 9.17) is 0 Å². The molecule has 21 heavy (non-hydrogen) atoms. The third kappa shape index (κ3) is 3.26. The summed E-state index contributed by atoms with van der Waals surface area (Å²) in [6.45, 7) is 3.52. The van der Waals surface area contributed by atoms with Crippen LogP contribution >= 0.6 is 15.9 Å². The Morgan fingerprint density at radius 1 is 1.33 bits per heavy atom. The van der Waals surface area contributed by atoms with E-state index < -0.39 is 17.6 Å². The molecule has 0 unspecified atom stereocenters. The van der Waals surface area contributed by atoms with Crippen molar-refractivity contribution in [3.05, 3.63) is 45.1 Å². The van der Waals surface area contributed by atoms with Gasteiger partial charge in [0.2, 0.25) is 0 Å². The summed E-state index contributed by atoms with van der Waals surface area (Å²) in [5.41, 5.74) is 0.510. The summed E-state index contributed by atoms with van der Waals surface area (Å²) in [5.74, 6) is -0.371. The van der Waals surface area contributed by atoms with Crippen molar-refractivity contribution in [2.75, 3.05) is 5.32 Å². The first-order valence-corrected chi connectivity index (χ1v) is 6.69. The lowest BCUT2D eigenvalue weighted by Gasteiger charge is -2.10. The van der Waals surface area contributed by atoms with Gasteiger partial charge < -0.3 is 5.32 Å². The molecular weight excluding hydrogens is 351 g/mol. The second-order valence-electron chi connectivity index (χ2n) is 4.47. The number of hydrogen-bond donors (Lipinski definition) is 2. The number of halogens is 4. The molecule has 2 aromatic rings. The van der Waals surface area contributed by atoms with E-state index in [0.717, 1.165) is 23.4 Å². The molecule has 0 saturated carbocycles. The molecule has 0 saturated heterocycles. The normalized spacial score (nSPS) is 11.5. The fourth-order valence-electron chi connectivity index (χ4n) is 1.66. The second kappa shape index (κ2) is 5.51. The highest BCUT2D eigenvalue weighted by molar-refractivity contribution is 9.10. The molecular formula is C13H11BrF3N3O. The Morgan fingerprint density at radius 3 is 2.52 bits per heavy atom. The predicted octanol–water partition coefficient (Wildman–Crippen LogP) is 4.06. The topological polar surface area (TPSA) is 57.8 Å². The number of hydrogen-bond acceptors (Lipinski definition) is 2. The number of aromatic nitrogens is 2. The average molecular weight is 362 g/mol. The van der Waals surface area contributed by atoms with Gasteiger partial charge in [-0.25, -0.2) is 0 Å². The van der Waals surface area contributed by atoms with Crippen molar-refractivity contribution in [2.45, 2.75) is 20.0 Å². The van der Waals surface area contributed by atoms with Crippen LogP contribution in [0.1, 0.15) is 27.2 Å². The highest BCUT2D eigenvalue weighted by Crippen LogP contribution is 2.32. The van der Waals surface area contributed by atoms with Crippen LogP contribution in [0.25, 0.3) is 0 Å². The second-order valence-corrected chi connectivity index (χ2v) is 5.32. The van der Waals surface area contributed by atoms with Gasteiger partial charge in [-0.05, 0) is 48.0 Å². The van der Waals surface area contributed by atoms with Crippen LogP contribution in [0.15, 0.2) is 22.7 Å². The maximum atomic E-state index is 12.7. The van der Waals surface area contributed by atoms with Crippen LogP contribution in [0.5, 0.6) is 0 Å². The number of carbonyl (C=O) groups excluding carboxylic acids is 1.